The molecule has 2 aromatic heterocycles. The maximum absolute atomic E-state index is 12.5. The predicted molar refractivity (Wildman–Crippen MR) is 101 cm³/mol. The summed E-state index contributed by atoms with van der Waals surface area (Å²) in [5.74, 6) is 0.540. The number of hydrogen-bond acceptors (Lipinski definition) is 3. The van der Waals surface area contributed by atoms with E-state index in [4.69, 9.17) is 4.74 Å². The molecule has 4 heteroatoms. The summed E-state index contributed by atoms with van der Waals surface area (Å²) < 4.78 is 8.34. The molecule has 0 bridgehead atoms. The summed E-state index contributed by atoms with van der Waals surface area (Å²) in [6, 6.07) is 12.1. The average molecular weight is 351 g/mol. The highest BCUT2D eigenvalue weighted by atomic mass is 32.1. The van der Waals surface area contributed by atoms with Crippen LogP contribution in [0.15, 0.2) is 46.6 Å². The van der Waals surface area contributed by atoms with E-state index in [0.29, 0.717) is 5.92 Å². The predicted octanol–water partition coefficient (Wildman–Crippen LogP) is 4.75. The third kappa shape index (κ3) is 2.31. The minimum absolute atomic E-state index is 0.0276. The Labute approximate surface area is 150 Å². The molecular weight excluding hydrogens is 330 g/mol. The molecule has 1 fully saturated rings. The molecule has 0 N–H and O–H groups in total. The Morgan fingerprint density at radius 1 is 1.12 bits per heavy atom. The second-order valence-corrected chi connectivity index (χ2v) is 8.15. The first-order valence-corrected chi connectivity index (χ1v) is 9.93. The lowest BCUT2D eigenvalue weighted by Crippen LogP contribution is -2.33. The Kier molecular flexibility index (Phi) is 3.57. The van der Waals surface area contributed by atoms with Gasteiger partial charge in [-0.15, -0.1) is 11.3 Å². The van der Waals surface area contributed by atoms with Crippen molar-refractivity contribution < 1.29 is 4.74 Å². The summed E-state index contributed by atoms with van der Waals surface area (Å²) in [6.45, 7) is 0. The number of fused-ring (bicyclic) bond motifs is 4. The highest BCUT2D eigenvalue weighted by Gasteiger charge is 2.39. The molecule has 128 valence electrons. The molecule has 0 saturated heterocycles. The highest BCUT2D eigenvalue weighted by molar-refractivity contribution is 7.10. The van der Waals surface area contributed by atoms with E-state index in [0.717, 1.165) is 22.9 Å². The molecule has 0 radical (unpaired) electrons. The number of nitrogens with zero attached hydrogens (tertiary/aromatic N) is 1. The molecule has 0 spiro atoms. The zero-order valence-corrected chi connectivity index (χ0v) is 15.1. The molecule has 3 heterocycles. The summed E-state index contributed by atoms with van der Waals surface area (Å²) >= 11 is 1.86. The SMILES string of the molecule is Cn1c(=O)cc([C@H]2O[C@@H]3CCCC[C@@H]3c3sccc32)c2ccccc21. The van der Waals surface area contributed by atoms with Crippen LogP contribution in [-0.4, -0.2) is 10.7 Å². The minimum Gasteiger partial charge on any atom is -0.365 e. The molecule has 3 aromatic rings. The topological polar surface area (TPSA) is 31.2 Å². The van der Waals surface area contributed by atoms with Gasteiger partial charge < -0.3 is 9.30 Å². The van der Waals surface area contributed by atoms with Gasteiger partial charge in [0.1, 0.15) is 6.10 Å². The van der Waals surface area contributed by atoms with E-state index in [1.807, 2.05) is 36.6 Å². The van der Waals surface area contributed by atoms with Gasteiger partial charge in [0.05, 0.1) is 11.6 Å². The van der Waals surface area contributed by atoms with Crippen LogP contribution in [0.2, 0.25) is 0 Å². The van der Waals surface area contributed by atoms with Crippen LogP contribution in [0.25, 0.3) is 10.9 Å². The number of benzene rings is 1. The summed E-state index contributed by atoms with van der Waals surface area (Å²) in [7, 11) is 1.84. The first-order chi connectivity index (χ1) is 12.2. The minimum atomic E-state index is -0.126. The van der Waals surface area contributed by atoms with Gasteiger partial charge in [0.15, 0.2) is 0 Å². The Balaban J connectivity index is 1.73. The van der Waals surface area contributed by atoms with E-state index < -0.39 is 0 Å². The molecule has 3 atom stereocenters. The Morgan fingerprint density at radius 3 is 2.88 bits per heavy atom. The van der Waals surface area contributed by atoms with E-state index in [1.165, 1.54) is 29.7 Å². The van der Waals surface area contributed by atoms with Crippen molar-refractivity contribution in [2.24, 2.45) is 7.05 Å². The van der Waals surface area contributed by atoms with Crippen LogP contribution in [-0.2, 0) is 11.8 Å². The Hall–Kier alpha value is -1.91. The van der Waals surface area contributed by atoms with E-state index in [2.05, 4.69) is 17.5 Å². The number of thiophene rings is 1. The van der Waals surface area contributed by atoms with Crippen LogP contribution in [0.3, 0.4) is 0 Å². The number of ether oxygens (including phenoxy) is 1. The maximum atomic E-state index is 12.5. The first-order valence-electron chi connectivity index (χ1n) is 9.05. The van der Waals surface area contributed by atoms with Gasteiger partial charge in [-0.05, 0) is 35.9 Å². The second-order valence-electron chi connectivity index (χ2n) is 7.20. The van der Waals surface area contributed by atoms with Crippen molar-refractivity contribution >= 4 is 22.2 Å². The molecule has 25 heavy (non-hydrogen) atoms. The summed E-state index contributed by atoms with van der Waals surface area (Å²) in [5, 5.41) is 3.29. The Bertz CT molecular complexity index is 1000. The van der Waals surface area contributed by atoms with Crippen molar-refractivity contribution in [3.05, 3.63) is 68.1 Å². The fraction of sp³-hybridized carbons (Fsp3) is 0.381. The number of aromatic nitrogens is 1. The first kappa shape index (κ1) is 15.4. The van der Waals surface area contributed by atoms with Crippen LogP contribution < -0.4 is 5.56 Å². The van der Waals surface area contributed by atoms with Gasteiger partial charge in [0.2, 0.25) is 0 Å². The lowest BCUT2D eigenvalue weighted by atomic mass is 9.80. The molecule has 2 aliphatic rings. The molecule has 1 aliphatic heterocycles. The number of hydrogen-bond donors (Lipinski definition) is 0. The number of para-hydroxylation sites is 1. The van der Waals surface area contributed by atoms with E-state index in [1.54, 1.807) is 10.6 Å². The van der Waals surface area contributed by atoms with Crippen LogP contribution in [0.1, 0.15) is 53.7 Å². The standard InChI is InChI=1S/C21H21NO2S/c1-22-17-8-4-2-6-13(17)16(12-19(22)23)20-15-10-11-25-21(15)14-7-3-5-9-18(14)24-20/h2,4,6,8,10-12,14,18,20H,3,5,7,9H2,1H3/t14-,18+,20-/m0/s1. The monoisotopic (exact) mass is 351 g/mol. The molecule has 0 amide bonds. The van der Waals surface area contributed by atoms with Crippen LogP contribution in [0, 0.1) is 0 Å². The summed E-state index contributed by atoms with van der Waals surface area (Å²) in [4.78, 5) is 14.0. The Morgan fingerprint density at radius 2 is 1.96 bits per heavy atom. The van der Waals surface area contributed by atoms with Crippen molar-refractivity contribution in [1.29, 1.82) is 0 Å². The van der Waals surface area contributed by atoms with Crippen molar-refractivity contribution in [1.82, 2.24) is 4.57 Å². The van der Waals surface area contributed by atoms with Crippen molar-refractivity contribution in [3.8, 4) is 0 Å². The lowest BCUT2D eigenvalue weighted by molar-refractivity contribution is -0.0368. The van der Waals surface area contributed by atoms with Gasteiger partial charge >= 0.3 is 0 Å². The lowest BCUT2D eigenvalue weighted by Gasteiger charge is -2.39. The third-order valence-electron chi connectivity index (χ3n) is 5.83. The molecule has 5 rings (SSSR count). The summed E-state index contributed by atoms with van der Waals surface area (Å²) in [6.07, 6.45) is 5.05. The van der Waals surface area contributed by atoms with Gasteiger partial charge in [-0.2, -0.15) is 0 Å². The van der Waals surface area contributed by atoms with Crippen LogP contribution in [0.5, 0.6) is 0 Å². The van der Waals surface area contributed by atoms with Gasteiger partial charge in [-0.25, -0.2) is 0 Å². The highest BCUT2D eigenvalue weighted by Crippen LogP contribution is 2.49. The third-order valence-corrected chi connectivity index (χ3v) is 6.89. The molecule has 1 saturated carbocycles. The van der Waals surface area contributed by atoms with Gasteiger partial charge in [-0.1, -0.05) is 31.0 Å². The second kappa shape index (κ2) is 5.82. The van der Waals surface area contributed by atoms with E-state index >= 15 is 0 Å². The van der Waals surface area contributed by atoms with Gasteiger partial charge in [-0.3, -0.25) is 4.79 Å². The molecule has 0 unspecified atom stereocenters. The molecule has 3 nitrogen and oxygen atoms in total. The average Bonchev–Trinajstić information content (AvgIpc) is 3.14. The molecule has 1 aliphatic carbocycles. The number of pyridine rings is 1. The molecular formula is C21H21NO2S. The van der Waals surface area contributed by atoms with Crippen molar-refractivity contribution in [3.63, 3.8) is 0 Å². The van der Waals surface area contributed by atoms with Crippen molar-refractivity contribution in [2.75, 3.05) is 0 Å². The van der Waals surface area contributed by atoms with E-state index in [9.17, 15) is 4.79 Å². The van der Waals surface area contributed by atoms with Gasteiger partial charge in [0.25, 0.3) is 5.56 Å². The van der Waals surface area contributed by atoms with Crippen LogP contribution >= 0.6 is 11.3 Å². The smallest absolute Gasteiger partial charge is 0.251 e. The normalized spacial score (nSPS) is 25.6. The zero-order chi connectivity index (χ0) is 17.0. The maximum Gasteiger partial charge on any atom is 0.251 e. The fourth-order valence-electron chi connectivity index (χ4n) is 4.55. The largest absolute Gasteiger partial charge is 0.365 e. The number of aryl methyl sites for hydroxylation is 1. The zero-order valence-electron chi connectivity index (χ0n) is 14.3. The fourth-order valence-corrected chi connectivity index (χ4v) is 5.67. The van der Waals surface area contributed by atoms with Gasteiger partial charge in [0, 0.05) is 34.9 Å². The quantitative estimate of drug-likeness (QED) is 0.634. The van der Waals surface area contributed by atoms with E-state index in [-0.39, 0.29) is 17.8 Å². The molecule has 1 aromatic carbocycles. The number of rotatable bonds is 1. The van der Waals surface area contributed by atoms with Crippen molar-refractivity contribution in [2.45, 2.75) is 43.8 Å². The summed E-state index contributed by atoms with van der Waals surface area (Å²) in [5.41, 5.74) is 3.28. The van der Waals surface area contributed by atoms with Crippen LogP contribution in [0.4, 0.5) is 0 Å².